The summed E-state index contributed by atoms with van der Waals surface area (Å²) in [5.74, 6) is -1.17. The molecule has 3 amide bonds. The molecule has 0 radical (unpaired) electrons. The van der Waals surface area contributed by atoms with E-state index in [-0.39, 0.29) is 47.3 Å². The van der Waals surface area contributed by atoms with E-state index in [1.54, 1.807) is 36.4 Å². The number of nitrogens with zero attached hydrogens (tertiary/aromatic N) is 1. The lowest BCUT2D eigenvalue weighted by Crippen LogP contribution is -2.31. The van der Waals surface area contributed by atoms with E-state index in [0.29, 0.717) is 35.0 Å². The van der Waals surface area contributed by atoms with Crippen LogP contribution in [0.25, 0.3) is 17.2 Å². The molecule has 3 aromatic rings. The zero-order valence-electron chi connectivity index (χ0n) is 28.6. The van der Waals surface area contributed by atoms with Crippen molar-refractivity contribution in [1.29, 1.82) is 5.41 Å². The number of unbranched alkanes of at least 4 members (excludes halogenated alkanes) is 3. The van der Waals surface area contributed by atoms with E-state index in [2.05, 4.69) is 34.4 Å². The largest absolute Gasteiger partial charge is 0.496 e. The molecule has 4 N–H and O–H groups in total. The number of carbonyl (C=O) groups is 4. The van der Waals surface area contributed by atoms with Gasteiger partial charge in [0.25, 0.3) is 11.8 Å². The smallest absolute Gasteiger partial charge is 0.412 e. The van der Waals surface area contributed by atoms with Crippen LogP contribution in [-0.2, 0) is 14.2 Å². The fourth-order valence-electron chi connectivity index (χ4n) is 4.96. The van der Waals surface area contributed by atoms with E-state index in [1.165, 1.54) is 32.4 Å². The van der Waals surface area contributed by atoms with Crippen LogP contribution in [0.5, 0.6) is 5.75 Å². The summed E-state index contributed by atoms with van der Waals surface area (Å²) >= 11 is 0. The maximum Gasteiger partial charge on any atom is 0.412 e. The number of aromatic nitrogens is 1. The minimum Gasteiger partial charge on any atom is -0.496 e. The second-order valence-electron chi connectivity index (χ2n) is 11.7. The Labute approximate surface area is 291 Å². The van der Waals surface area contributed by atoms with Crippen LogP contribution in [0.4, 0.5) is 10.5 Å². The lowest BCUT2D eigenvalue weighted by molar-refractivity contribution is -0.0129. The highest BCUT2D eigenvalue weighted by molar-refractivity contribution is 6.11. The molecule has 4 rings (SSSR count). The predicted octanol–water partition coefficient (Wildman–Crippen LogP) is 6.18. The van der Waals surface area contributed by atoms with Gasteiger partial charge in [0.05, 0.1) is 13.7 Å². The second-order valence-corrected chi connectivity index (χ2v) is 11.7. The third-order valence-electron chi connectivity index (χ3n) is 7.89. The Morgan fingerprint density at radius 2 is 1.72 bits per heavy atom. The first-order chi connectivity index (χ1) is 24.2. The average Bonchev–Trinajstić information content (AvgIpc) is 3.97. The lowest BCUT2D eigenvalue weighted by atomic mass is 9.94. The van der Waals surface area contributed by atoms with Crippen molar-refractivity contribution in [2.45, 2.75) is 45.4 Å². The minimum absolute atomic E-state index is 0.0137. The van der Waals surface area contributed by atoms with Gasteiger partial charge < -0.3 is 29.6 Å². The molecule has 0 atom stereocenters. The first kappa shape index (κ1) is 37.3. The Kier molecular flexibility index (Phi) is 13.6. The molecule has 0 saturated heterocycles. The average molecular weight is 686 g/mol. The molecule has 2 aromatic carbocycles. The lowest BCUT2D eigenvalue weighted by Gasteiger charge is -2.17. The van der Waals surface area contributed by atoms with Gasteiger partial charge in [-0.15, -0.1) is 0 Å². The number of anilines is 1. The first-order valence-corrected chi connectivity index (χ1v) is 16.4. The van der Waals surface area contributed by atoms with Crippen LogP contribution in [0.3, 0.4) is 0 Å². The molecular weight excluding hydrogens is 642 g/mol. The molecule has 1 heterocycles. The molecule has 1 aromatic heterocycles. The summed E-state index contributed by atoms with van der Waals surface area (Å²) in [6.07, 6.45) is 6.78. The van der Waals surface area contributed by atoms with Gasteiger partial charge in [-0.05, 0) is 73.7 Å². The van der Waals surface area contributed by atoms with E-state index in [1.807, 2.05) is 0 Å². The Bertz CT molecular complexity index is 1720. The number of rotatable bonds is 17. The molecule has 1 fully saturated rings. The molecule has 0 unspecified atom stereocenters. The van der Waals surface area contributed by atoms with Crippen LogP contribution in [0.2, 0.25) is 0 Å². The van der Waals surface area contributed by atoms with E-state index >= 15 is 0 Å². The Balaban J connectivity index is 1.59. The fourth-order valence-corrected chi connectivity index (χ4v) is 4.96. The molecule has 264 valence electrons. The zero-order valence-corrected chi connectivity index (χ0v) is 28.6. The van der Waals surface area contributed by atoms with Crippen molar-refractivity contribution < 1.29 is 38.1 Å². The van der Waals surface area contributed by atoms with Crippen LogP contribution in [0.15, 0.2) is 55.1 Å². The fraction of sp³-hybridized carbons (Fsp3) is 0.351. The monoisotopic (exact) mass is 685 g/mol. The molecule has 1 aliphatic rings. The summed E-state index contributed by atoms with van der Waals surface area (Å²) in [7, 11) is 2.83. The molecule has 0 aliphatic heterocycles. The maximum absolute atomic E-state index is 13.9. The van der Waals surface area contributed by atoms with Gasteiger partial charge in [-0.3, -0.25) is 20.3 Å². The summed E-state index contributed by atoms with van der Waals surface area (Å²) in [4.78, 5) is 56.5. The van der Waals surface area contributed by atoms with E-state index in [0.717, 1.165) is 38.5 Å². The summed E-state index contributed by atoms with van der Waals surface area (Å²) in [5.41, 5.74) is 1.77. The number of benzene rings is 2. The van der Waals surface area contributed by atoms with Crippen molar-refractivity contribution in [1.82, 2.24) is 15.6 Å². The highest BCUT2D eigenvalue weighted by Gasteiger charge is 2.26. The highest BCUT2D eigenvalue weighted by Crippen LogP contribution is 2.35. The number of nitrogens with one attached hydrogen (secondary N) is 4. The van der Waals surface area contributed by atoms with Gasteiger partial charge in [-0.1, -0.05) is 38.8 Å². The normalized spacial score (nSPS) is 12.0. The van der Waals surface area contributed by atoms with E-state index in [4.69, 9.17) is 24.4 Å². The van der Waals surface area contributed by atoms with Crippen molar-refractivity contribution in [3.05, 3.63) is 83.2 Å². The van der Waals surface area contributed by atoms with Crippen LogP contribution in [0.1, 0.15) is 87.9 Å². The zero-order chi connectivity index (χ0) is 36.0. The van der Waals surface area contributed by atoms with Crippen LogP contribution >= 0.6 is 0 Å². The first-order valence-electron chi connectivity index (χ1n) is 16.4. The minimum atomic E-state index is -0.858. The topological polar surface area (TPSA) is 178 Å². The number of amidine groups is 1. The Hall–Kier alpha value is -5.56. The van der Waals surface area contributed by atoms with Crippen molar-refractivity contribution >= 4 is 41.5 Å². The standard InChI is InChI=1S/C37H43N5O8/c1-5-7-8-9-18-49-37(46)42-33(38)25-12-14-26(15-13-25)40-34(43)29-19-24(6-2)31(48-4)20-28(29)27-16-17-30(35(44)39-21-23-10-11-23)41-32(27)36(45)50-22-47-3/h6,12-17,19-20,23H,2,5,7-11,18,21-22H2,1,3-4H3,(H,39,44)(H,40,43)(H2,38,42,46). The molecule has 1 saturated carbocycles. The second kappa shape index (κ2) is 18.3. The number of methoxy groups -OCH3 is 2. The molecule has 13 nitrogen and oxygen atoms in total. The van der Waals surface area contributed by atoms with Crippen molar-refractivity contribution in [2.75, 3.05) is 39.5 Å². The number of pyridine rings is 1. The van der Waals surface area contributed by atoms with Crippen LogP contribution < -0.4 is 20.7 Å². The quantitative estimate of drug-likeness (QED) is 0.0424. The van der Waals surface area contributed by atoms with Crippen molar-refractivity contribution in [3.63, 3.8) is 0 Å². The van der Waals surface area contributed by atoms with E-state index < -0.39 is 23.9 Å². The summed E-state index contributed by atoms with van der Waals surface area (Å²) in [6.45, 7) is 6.36. The van der Waals surface area contributed by atoms with Crippen LogP contribution in [0, 0.1) is 11.3 Å². The number of alkyl carbamates (subject to hydrolysis) is 1. The molecule has 0 spiro atoms. The molecular formula is C37H43N5O8. The van der Waals surface area contributed by atoms with Gasteiger partial charge in [-0.25, -0.2) is 14.6 Å². The molecule has 1 aliphatic carbocycles. The number of carbonyl (C=O) groups excluding carboxylic acids is 4. The van der Waals surface area contributed by atoms with Crippen molar-refractivity contribution in [3.8, 4) is 16.9 Å². The highest BCUT2D eigenvalue weighted by atomic mass is 16.7. The number of esters is 1. The molecule has 50 heavy (non-hydrogen) atoms. The van der Waals surface area contributed by atoms with Gasteiger partial charge in [-0.2, -0.15) is 0 Å². The Morgan fingerprint density at radius 3 is 2.38 bits per heavy atom. The van der Waals surface area contributed by atoms with Gasteiger partial charge in [0.15, 0.2) is 12.5 Å². The SMILES string of the molecule is C=Cc1cc(C(=O)Nc2ccc(C(=N)NC(=O)OCCCCCC)cc2)c(-c2ccc(C(=O)NCC3CC3)nc2C(=O)OCOC)cc1OC. The summed E-state index contributed by atoms with van der Waals surface area (Å²) in [6, 6.07) is 12.5. The van der Waals surface area contributed by atoms with E-state index in [9.17, 15) is 19.2 Å². The van der Waals surface area contributed by atoms with Crippen LogP contribution in [-0.4, -0.2) is 68.9 Å². The molecule has 13 heteroatoms. The number of amides is 3. The summed E-state index contributed by atoms with van der Waals surface area (Å²) < 4.78 is 20.8. The number of hydrogen-bond donors (Lipinski definition) is 4. The van der Waals surface area contributed by atoms with Gasteiger partial charge in [0, 0.05) is 47.2 Å². The maximum atomic E-state index is 13.9. The molecule has 0 bridgehead atoms. The number of ether oxygens (including phenoxy) is 4. The van der Waals surface area contributed by atoms with Gasteiger partial charge in [0.2, 0.25) is 0 Å². The predicted molar refractivity (Wildman–Crippen MR) is 189 cm³/mol. The number of hydrogen-bond acceptors (Lipinski definition) is 10. The third kappa shape index (κ3) is 10.2. The Morgan fingerprint density at radius 1 is 0.960 bits per heavy atom. The summed E-state index contributed by atoms with van der Waals surface area (Å²) in [5, 5.41) is 16.3. The van der Waals surface area contributed by atoms with Gasteiger partial charge >= 0.3 is 12.1 Å². The third-order valence-corrected chi connectivity index (χ3v) is 7.89. The van der Waals surface area contributed by atoms with Gasteiger partial charge in [0.1, 0.15) is 17.3 Å². The van der Waals surface area contributed by atoms with Crippen molar-refractivity contribution in [2.24, 2.45) is 5.92 Å².